The molecule has 2 N–H and O–H groups in total. The van der Waals surface area contributed by atoms with Crippen molar-refractivity contribution in [3.8, 4) is 0 Å². The summed E-state index contributed by atoms with van der Waals surface area (Å²) < 4.78 is 28.3. The Hall–Kier alpha value is -3.32. The summed E-state index contributed by atoms with van der Waals surface area (Å²) in [6.07, 6.45) is 1.78. The third kappa shape index (κ3) is 5.67. The van der Waals surface area contributed by atoms with Gasteiger partial charge in [-0.25, -0.2) is 13.2 Å². The van der Waals surface area contributed by atoms with E-state index in [2.05, 4.69) is 22.9 Å². The molecule has 2 heterocycles. The van der Waals surface area contributed by atoms with Crippen LogP contribution in [-0.2, 0) is 19.6 Å². The highest BCUT2D eigenvalue weighted by atomic mass is 32.2. The van der Waals surface area contributed by atoms with Crippen molar-refractivity contribution in [2.75, 3.05) is 31.6 Å². The first-order valence-corrected chi connectivity index (χ1v) is 13.4. The number of amides is 1. The van der Waals surface area contributed by atoms with Crippen LogP contribution in [0.3, 0.4) is 0 Å². The molecule has 0 radical (unpaired) electrons. The number of carboxylic acid groups (broad SMARTS) is 1. The number of benzene rings is 2. The smallest absolute Gasteiger partial charge is 0.335 e. The number of carbonyl (C=O) groups excluding carboxylic acids is 2. The van der Waals surface area contributed by atoms with E-state index in [4.69, 9.17) is 5.11 Å². The van der Waals surface area contributed by atoms with Crippen LogP contribution in [0.2, 0.25) is 0 Å². The summed E-state index contributed by atoms with van der Waals surface area (Å²) in [5, 5.41) is 12.2. The quantitative estimate of drug-likeness (QED) is 0.348. The molecule has 0 bridgehead atoms. The molecule has 37 heavy (non-hydrogen) atoms. The maximum absolute atomic E-state index is 13.6. The number of carboxylic acids is 1. The lowest BCUT2D eigenvalue weighted by Gasteiger charge is -2.24. The molecule has 0 saturated carbocycles. The molecule has 10 nitrogen and oxygen atoms in total. The summed E-state index contributed by atoms with van der Waals surface area (Å²) in [7, 11) is -2.50. The van der Waals surface area contributed by atoms with E-state index in [1.54, 1.807) is 24.3 Å². The highest BCUT2D eigenvalue weighted by Gasteiger charge is 2.43. The number of para-hydroxylation sites is 1. The number of nitrogens with one attached hydrogen (secondary N) is 1. The highest BCUT2D eigenvalue weighted by molar-refractivity contribution is 7.89. The standard InChI is InChI=1S/C25H26N4O6S2/c1-28(18-9-7-17(8-10-18)25(32)33)23(31)14-26-13-21(30)20-12-19(36)15-29(20)37(34,35)22-6-2-4-16-5-3-11-27-24(16)22/h2-11,19-20,26,36H,12-15H2,1H3,(H,32,33). The molecular formula is C25H26N4O6S2. The summed E-state index contributed by atoms with van der Waals surface area (Å²) in [4.78, 5) is 42.2. The topological polar surface area (TPSA) is 137 Å². The maximum atomic E-state index is 13.6. The molecule has 2 atom stereocenters. The third-order valence-electron chi connectivity index (χ3n) is 6.24. The van der Waals surface area contributed by atoms with Crippen molar-refractivity contribution >= 4 is 56.9 Å². The number of thiol groups is 1. The van der Waals surface area contributed by atoms with Crippen LogP contribution in [-0.4, -0.2) is 78.4 Å². The number of hydrogen-bond donors (Lipinski definition) is 3. The Labute approximate surface area is 219 Å². The van der Waals surface area contributed by atoms with E-state index >= 15 is 0 Å². The third-order valence-corrected chi connectivity index (χ3v) is 8.52. The number of sulfonamides is 1. The molecule has 12 heteroatoms. The van der Waals surface area contributed by atoms with E-state index in [1.165, 1.54) is 52.8 Å². The molecule has 1 aromatic heterocycles. The summed E-state index contributed by atoms with van der Waals surface area (Å²) >= 11 is 4.44. The van der Waals surface area contributed by atoms with Gasteiger partial charge in [-0.1, -0.05) is 18.2 Å². The first-order chi connectivity index (χ1) is 17.6. The number of aromatic nitrogens is 1. The predicted molar refractivity (Wildman–Crippen MR) is 142 cm³/mol. The van der Waals surface area contributed by atoms with Crippen molar-refractivity contribution in [3.63, 3.8) is 0 Å². The second kappa shape index (κ2) is 11.0. The van der Waals surface area contributed by atoms with E-state index in [1.807, 2.05) is 0 Å². The lowest BCUT2D eigenvalue weighted by molar-refractivity contribution is -0.121. The normalized spacial score (nSPS) is 18.1. The molecule has 1 amide bonds. The number of ketones is 1. The van der Waals surface area contributed by atoms with Crippen molar-refractivity contribution in [2.24, 2.45) is 0 Å². The Morgan fingerprint density at radius 3 is 2.51 bits per heavy atom. The largest absolute Gasteiger partial charge is 0.478 e. The number of nitrogens with zero attached hydrogens (tertiary/aromatic N) is 3. The molecular weight excluding hydrogens is 516 g/mol. The monoisotopic (exact) mass is 542 g/mol. The van der Waals surface area contributed by atoms with Gasteiger partial charge in [0.15, 0.2) is 5.78 Å². The average molecular weight is 543 g/mol. The number of aromatic carboxylic acids is 1. The van der Waals surface area contributed by atoms with Crippen LogP contribution >= 0.6 is 12.6 Å². The average Bonchev–Trinajstić information content (AvgIpc) is 3.30. The zero-order valence-electron chi connectivity index (χ0n) is 19.9. The van der Waals surface area contributed by atoms with Crippen LogP contribution in [0.15, 0.2) is 65.7 Å². The molecule has 2 aromatic carbocycles. The molecule has 194 valence electrons. The summed E-state index contributed by atoms with van der Waals surface area (Å²) in [5.74, 6) is -1.78. The fourth-order valence-corrected chi connectivity index (χ4v) is 6.57. The molecule has 1 aliphatic heterocycles. The number of carbonyl (C=O) groups is 3. The Morgan fingerprint density at radius 1 is 1.11 bits per heavy atom. The van der Waals surface area contributed by atoms with E-state index in [0.29, 0.717) is 16.6 Å². The number of rotatable bonds is 9. The first kappa shape index (κ1) is 26.7. The number of likely N-dealkylation sites (N-methyl/N-ethyl adjacent to an activating group) is 1. The van der Waals surface area contributed by atoms with Crippen molar-refractivity contribution in [1.82, 2.24) is 14.6 Å². The highest BCUT2D eigenvalue weighted by Crippen LogP contribution is 2.31. The van der Waals surface area contributed by atoms with Crippen molar-refractivity contribution in [1.29, 1.82) is 0 Å². The van der Waals surface area contributed by atoms with Gasteiger partial charge in [0.05, 0.1) is 30.2 Å². The number of fused-ring (bicyclic) bond motifs is 1. The van der Waals surface area contributed by atoms with E-state index < -0.39 is 22.0 Å². The molecule has 1 aliphatic rings. The summed E-state index contributed by atoms with van der Waals surface area (Å²) in [6.45, 7) is -0.290. The zero-order valence-corrected chi connectivity index (χ0v) is 21.7. The number of pyridine rings is 1. The van der Waals surface area contributed by atoms with Gasteiger partial charge in [0.2, 0.25) is 15.9 Å². The fourth-order valence-electron chi connectivity index (χ4n) is 4.25. The number of anilines is 1. The lowest BCUT2D eigenvalue weighted by Crippen LogP contribution is -2.45. The minimum atomic E-state index is -4.04. The van der Waals surface area contributed by atoms with E-state index in [-0.39, 0.29) is 53.5 Å². The van der Waals surface area contributed by atoms with Gasteiger partial charge in [-0.05, 0) is 42.8 Å². The van der Waals surface area contributed by atoms with Gasteiger partial charge in [0.1, 0.15) is 4.90 Å². The van der Waals surface area contributed by atoms with E-state index in [0.717, 1.165) is 0 Å². The maximum Gasteiger partial charge on any atom is 0.335 e. The SMILES string of the molecule is CN(C(=O)CNCC(=O)C1CC(S)CN1S(=O)(=O)c1cccc2cccnc12)c1ccc(C(=O)O)cc1. The van der Waals surface area contributed by atoms with Crippen LogP contribution in [0.4, 0.5) is 5.69 Å². The molecule has 1 saturated heterocycles. The van der Waals surface area contributed by atoms with Crippen LogP contribution in [0.25, 0.3) is 10.9 Å². The Balaban J connectivity index is 1.42. The second-order valence-corrected chi connectivity index (χ2v) is 11.3. The molecule has 3 aromatic rings. The molecule has 2 unspecified atom stereocenters. The van der Waals surface area contributed by atoms with Gasteiger partial charge in [-0.2, -0.15) is 16.9 Å². The van der Waals surface area contributed by atoms with Crippen molar-refractivity contribution in [3.05, 3.63) is 66.4 Å². The summed E-state index contributed by atoms with van der Waals surface area (Å²) in [6, 6.07) is 13.3. The Bertz CT molecular complexity index is 1440. The van der Waals surface area contributed by atoms with Gasteiger partial charge >= 0.3 is 5.97 Å². The van der Waals surface area contributed by atoms with Crippen LogP contribution in [0.5, 0.6) is 0 Å². The Kier molecular flexibility index (Phi) is 7.93. The Morgan fingerprint density at radius 2 is 1.81 bits per heavy atom. The second-order valence-electron chi connectivity index (χ2n) is 8.69. The van der Waals surface area contributed by atoms with Crippen LogP contribution in [0.1, 0.15) is 16.8 Å². The molecule has 1 fully saturated rings. The predicted octanol–water partition coefficient (Wildman–Crippen LogP) is 1.82. The molecule has 0 spiro atoms. The lowest BCUT2D eigenvalue weighted by atomic mass is 10.1. The minimum absolute atomic E-state index is 0.0320. The fraction of sp³-hybridized carbons (Fsp3) is 0.280. The molecule has 0 aliphatic carbocycles. The van der Waals surface area contributed by atoms with Gasteiger partial charge in [0, 0.05) is 36.1 Å². The van der Waals surface area contributed by atoms with Crippen molar-refractivity contribution in [2.45, 2.75) is 22.6 Å². The van der Waals surface area contributed by atoms with Gasteiger partial charge in [0.25, 0.3) is 0 Å². The zero-order chi connectivity index (χ0) is 26.7. The first-order valence-electron chi connectivity index (χ1n) is 11.5. The summed E-state index contributed by atoms with van der Waals surface area (Å²) in [5.41, 5.74) is 0.936. The van der Waals surface area contributed by atoms with Crippen molar-refractivity contribution < 1.29 is 27.9 Å². The minimum Gasteiger partial charge on any atom is -0.478 e. The number of Topliss-reactive ketones (excluding diaryl/α,β-unsaturated/α-hetero) is 1. The van der Waals surface area contributed by atoms with Crippen LogP contribution in [0, 0.1) is 0 Å². The van der Waals surface area contributed by atoms with Crippen LogP contribution < -0.4 is 10.2 Å². The van der Waals surface area contributed by atoms with E-state index in [9.17, 15) is 22.8 Å². The molecule has 4 rings (SSSR count). The van der Waals surface area contributed by atoms with Gasteiger partial charge < -0.3 is 15.3 Å². The number of hydrogen-bond acceptors (Lipinski definition) is 8. The van der Waals surface area contributed by atoms with Gasteiger partial charge in [-0.3, -0.25) is 14.6 Å². The van der Waals surface area contributed by atoms with Gasteiger partial charge in [-0.15, -0.1) is 0 Å².